The zero-order chi connectivity index (χ0) is 11.7. The average Bonchev–Trinajstić information content (AvgIpc) is 2.93. The van der Waals surface area contributed by atoms with Crippen LogP contribution in [0.15, 0.2) is 18.5 Å². The second-order valence-electron chi connectivity index (χ2n) is 4.68. The summed E-state index contributed by atoms with van der Waals surface area (Å²) in [5.74, 6) is 1.16. The first-order valence-corrected chi connectivity index (χ1v) is 6.37. The summed E-state index contributed by atoms with van der Waals surface area (Å²) >= 11 is 0. The predicted octanol–water partition coefficient (Wildman–Crippen LogP) is 1.97. The Kier molecular flexibility index (Phi) is 2.71. The Labute approximate surface area is 101 Å². The first-order chi connectivity index (χ1) is 8.34. The molecule has 3 rings (SSSR count). The molecule has 90 valence electrons. The van der Waals surface area contributed by atoms with Crippen LogP contribution in [0.3, 0.4) is 0 Å². The van der Waals surface area contributed by atoms with Crippen LogP contribution in [0.5, 0.6) is 0 Å². The second-order valence-corrected chi connectivity index (χ2v) is 4.68. The molecule has 0 amide bonds. The molecule has 1 aliphatic carbocycles. The van der Waals surface area contributed by atoms with Crippen LogP contribution in [-0.4, -0.2) is 19.3 Å². The standard InChI is InChI=1S/C13H18N4/c1-11-15-12-5-2-3-6-13(12)17(11)10-9-16-8-4-7-14-16/h4,7-8H,2-3,5-6,9-10H2,1H3. The highest BCUT2D eigenvalue weighted by atomic mass is 15.3. The molecule has 0 fully saturated rings. The molecule has 0 spiro atoms. The molecule has 0 atom stereocenters. The van der Waals surface area contributed by atoms with Crippen LogP contribution in [0, 0.1) is 6.92 Å². The van der Waals surface area contributed by atoms with Crippen LogP contribution in [0.4, 0.5) is 0 Å². The molecule has 4 heteroatoms. The lowest BCUT2D eigenvalue weighted by Gasteiger charge is -2.14. The van der Waals surface area contributed by atoms with Crippen LogP contribution in [0.25, 0.3) is 0 Å². The van der Waals surface area contributed by atoms with Gasteiger partial charge in [0.15, 0.2) is 0 Å². The minimum atomic E-state index is 0.927. The van der Waals surface area contributed by atoms with Gasteiger partial charge in [-0.15, -0.1) is 0 Å². The van der Waals surface area contributed by atoms with Gasteiger partial charge in [-0.3, -0.25) is 4.68 Å². The van der Waals surface area contributed by atoms with Crippen molar-refractivity contribution in [2.45, 2.75) is 45.7 Å². The minimum Gasteiger partial charge on any atom is -0.330 e. The van der Waals surface area contributed by atoms with Gasteiger partial charge >= 0.3 is 0 Å². The molecule has 0 aromatic carbocycles. The number of aromatic nitrogens is 4. The van der Waals surface area contributed by atoms with Crippen molar-refractivity contribution in [1.82, 2.24) is 19.3 Å². The maximum Gasteiger partial charge on any atom is 0.106 e. The predicted molar refractivity (Wildman–Crippen MR) is 65.8 cm³/mol. The van der Waals surface area contributed by atoms with Crippen molar-refractivity contribution in [3.63, 3.8) is 0 Å². The van der Waals surface area contributed by atoms with Gasteiger partial charge in [0.05, 0.1) is 12.2 Å². The van der Waals surface area contributed by atoms with E-state index in [0.717, 1.165) is 25.3 Å². The van der Waals surface area contributed by atoms with E-state index >= 15 is 0 Å². The maximum absolute atomic E-state index is 4.68. The van der Waals surface area contributed by atoms with Crippen molar-refractivity contribution in [2.24, 2.45) is 0 Å². The average molecular weight is 230 g/mol. The number of rotatable bonds is 3. The van der Waals surface area contributed by atoms with Crippen molar-refractivity contribution in [3.05, 3.63) is 35.7 Å². The third-order valence-electron chi connectivity index (χ3n) is 3.54. The van der Waals surface area contributed by atoms with Crippen molar-refractivity contribution < 1.29 is 0 Å². The van der Waals surface area contributed by atoms with Crippen molar-refractivity contribution in [2.75, 3.05) is 0 Å². The van der Waals surface area contributed by atoms with Crippen molar-refractivity contribution in [3.8, 4) is 0 Å². The highest BCUT2D eigenvalue weighted by Crippen LogP contribution is 2.21. The third kappa shape index (κ3) is 1.99. The molecule has 0 aliphatic heterocycles. The van der Waals surface area contributed by atoms with Crippen LogP contribution < -0.4 is 0 Å². The van der Waals surface area contributed by atoms with Crippen LogP contribution in [0.2, 0.25) is 0 Å². The Bertz CT molecular complexity index is 496. The number of hydrogen-bond acceptors (Lipinski definition) is 2. The fraction of sp³-hybridized carbons (Fsp3) is 0.538. The number of nitrogens with zero attached hydrogens (tertiary/aromatic N) is 4. The third-order valence-corrected chi connectivity index (χ3v) is 3.54. The molecule has 0 saturated carbocycles. The normalized spacial score (nSPS) is 14.9. The van der Waals surface area contributed by atoms with Gasteiger partial charge in [-0.2, -0.15) is 5.10 Å². The second kappa shape index (κ2) is 4.35. The van der Waals surface area contributed by atoms with Gasteiger partial charge in [-0.25, -0.2) is 4.98 Å². The van der Waals surface area contributed by atoms with E-state index in [1.165, 1.54) is 30.7 Å². The SMILES string of the molecule is Cc1nc2c(n1CCn1cccn1)CCCC2. The lowest BCUT2D eigenvalue weighted by molar-refractivity contribution is 0.506. The van der Waals surface area contributed by atoms with Gasteiger partial charge in [-0.1, -0.05) is 0 Å². The van der Waals surface area contributed by atoms with Crippen LogP contribution in [-0.2, 0) is 25.9 Å². The maximum atomic E-state index is 4.68. The van der Waals surface area contributed by atoms with E-state index in [-0.39, 0.29) is 0 Å². The molecule has 0 saturated heterocycles. The molecular weight excluding hydrogens is 212 g/mol. The van der Waals surface area contributed by atoms with E-state index in [1.54, 1.807) is 0 Å². The van der Waals surface area contributed by atoms with E-state index < -0.39 is 0 Å². The quantitative estimate of drug-likeness (QED) is 0.808. The first-order valence-electron chi connectivity index (χ1n) is 6.37. The van der Waals surface area contributed by atoms with Gasteiger partial charge < -0.3 is 4.57 Å². The number of imidazole rings is 1. The van der Waals surface area contributed by atoms with Crippen LogP contribution >= 0.6 is 0 Å². The molecule has 2 heterocycles. The van der Waals surface area contributed by atoms with Crippen molar-refractivity contribution in [1.29, 1.82) is 0 Å². The van der Waals surface area contributed by atoms with E-state index in [1.807, 2.05) is 23.1 Å². The van der Waals surface area contributed by atoms with E-state index in [0.29, 0.717) is 0 Å². The summed E-state index contributed by atoms with van der Waals surface area (Å²) in [5, 5.41) is 4.24. The molecule has 4 nitrogen and oxygen atoms in total. The summed E-state index contributed by atoms with van der Waals surface area (Å²) < 4.78 is 4.35. The van der Waals surface area contributed by atoms with Gasteiger partial charge in [0.25, 0.3) is 0 Å². The lowest BCUT2D eigenvalue weighted by atomic mass is 10.0. The Balaban J connectivity index is 1.80. The molecular formula is C13H18N4. The largest absolute Gasteiger partial charge is 0.330 e. The summed E-state index contributed by atoms with van der Waals surface area (Å²) in [4.78, 5) is 4.68. The molecule has 2 aromatic heterocycles. The Hall–Kier alpha value is -1.58. The molecule has 0 unspecified atom stereocenters. The minimum absolute atomic E-state index is 0.927. The number of aryl methyl sites for hydroxylation is 3. The van der Waals surface area contributed by atoms with E-state index in [9.17, 15) is 0 Å². The van der Waals surface area contributed by atoms with Crippen molar-refractivity contribution >= 4 is 0 Å². The Morgan fingerprint density at radius 1 is 1.24 bits per heavy atom. The summed E-state index contributed by atoms with van der Waals surface area (Å²) in [6.45, 7) is 4.02. The molecule has 0 N–H and O–H groups in total. The summed E-state index contributed by atoms with van der Waals surface area (Å²) in [6.07, 6.45) is 8.79. The molecule has 0 radical (unpaired) electrons. The monoisotopic (exact) mass is 230 g/mol. The smallest absolute Gasteiger partial charge is 0.106 e. The van der Waals surface area contributed by atoms with Crippen LogP contribution in [0.1, 0.15) is 30.1 Å². The summed E-state index contributed by atoms with van der Waals surface area (Å²) in [5.41, 5.74) is 2.79. The lowest BCUT2D eigenvalue weighted by Crippen LogP contribution is -2.13. The van der Waals surface area contributed by atoms with E-state index in [4.69, 9.17) is 0 Å². The number of hydrogen-bond donors (Lipinski definition) is 0. The zero-order valence-electron chi connectivity index (χ0n) is 10.3. The highest BCUT2D eigenvalue weighted by molar-refractivity contribution is 5.19. The number of fused-ring (bicyclic) bond motifs is 1. The fourth-order valence-corrected chi connectivity index (χ4v) is 2.67. The molecule has 17 heavy (non-hydrogen) atoms. The van der Waals surface area contributed by atoms with Gasteiger partial charge in [-0.05, 0) is 38.7 Å². The fourth-order valence-electron chi connectivity index (χ4n) is 2.67. The summed E-state index contributed by atoms with van der Waals surface area (Å²) in [7, 11) is 0. The topological polar surface area (TPSA) is 35.6 Å². The Morgan fingerprint density at radius 2 is 2.12 bits per heavy atom. The van der Waals surface area contributed by atoms with Gasteiger partial charge in [0.2, 0.25) is 0 Å². The Morgan fingerprint density at radius 3 is 2.94 bits per heavy atom. The molecule has 0 bridgehead atoms. The molecule has 1 aliphatic rings. The highest BCUT2D eigenvalue weighted by Gasteiger charge is 2.17. The van der Waals surface area contributed by atoms with Gasteiger partial charge in [0, 0.05) is 24.6 Å². The zero-order valence-corrected chi connectivity index (χ0v) is 10.3. The summed E-state index contributed by atoms with van der Waals surface area (Å²) in [6, 6.07) is 1.97. The molecule has 2 aromatic rings. The van der Waals surface area contributed by atoms with Gasteiger partial charge in [0.1, 0.15) is 5.82 Å². The first kappa shape index (κ1) is 10.6. The van der Waals surface area contributed by atoms with E-state index in [2.05, 4.69) is 21.6 Å².